The second-order valence-corrected chi connectivity index (χ2v) is 5.51. The molecule has 0 aliphatic heterocycles. The van der Waals surface area contributed by atoms with Crippen molar-refractivity contribution in [2.24, 2.45) is 0 Å². The van der Waals surface area contributed by atoms with Crippen LogP contribution in [0.25, 0.3) is 5.65 Å². The zero-order valence-electron chi connectivity index (χ0n) is 13.1. The first kappa shape index (κ1) is 15.7. The number of non-ortho nitro benzene ring substituents is 1. The Morgan fingerprint density at radius 2 is 2.04 bits per heavy atom. The zero-order valence-corrected chi connectivity index (χ0v) is 13.1. The van der Waals surface area contributed by atoms with E-state index in [1.165, 1.54) is 24.3 Å². The van der Waals surface area contributed by atoms with Crippen molar-refractivity contribution in [1.29, 1.82) is 0 Å². The van der Waals surface area contributed by atoms with Crippen molar-refractivity contribution in [3.05, 3.63) is 75.7 Å². The zero-order chi connectivity index (χ0) is 17.1. The maximum absolute atomic E-state index is 12.0. The van der Waals surface area contributed by atoms with Crippen LogP contribution in [-0.2, 0) is 6.42 Å². The van der Waals surface area contributed by atoms with Gasteiger partial charge in [0.15, 0.2) is 0 Å². The van der Waals surface area contributed by atoms with Gasteiger partial charge in [0.05, 0.1) is 10.6 Å². The highest BCUT2D eigenvalue weighted by Crippen LogP contribution is 2.12. The molecule has 0 aliphatic carbocycles. The van der Waals surface area contributed by atoms with Crippen molar-refractivity contribution >= 4 is 17.2 Å². The smallest absolute Gasteiger partial charge is 0.269 e. The molecule has 0 bridgehead atoms. The van der Waals surface area contributed by atoms with Gasteiger partial charge in [-0.15, -0.1) is 0 Å². The molecule has 0 aliphatic rings. The van der Waals surface area contributed by atoms with Gasteiger partial charge >= 0.3 is 0 Å². The van der Waals surface area contributed by atoms with Crippen LogP contribution in [0.5, 0.6) is 0 Å². The van der Waals surface area contributed by atoms with E-state index in [2.05, 4.69) is 10.3 Å². The van der Waals surface area contributed by atoms with Gasteiger partial charge in [0.2, 0.25) is 0 Å². The van der Waals surface area contributed by atoms with Crippen LogP contribution in [-0.4, -0.2) is 26.8 Å². The number of benzene rings is 1. The number of nitrogens with one attached hydrogen (secondary N) is 1. The van der Waals surface area contributed by atoms with Crippen LogP contribution >= 0.6 is 0 Å². The Hall–Kier alpha value is -3.22. The number of nitrogens with zero attached hydrogens (tertiary/aromatic N) is 3. The number of fused-ring (bicyclic) bond motifs is 1. The molecule has 0 fully saturated rings. The number of aryl methyl sites for hydroxylation is 1. The minimum absolute atomic E-state index is 0.0356. The summed E-state index contributed by atoms with van der Waals surface area (Å²) in [5, 5.41) is 13.4. The minimum atomic E-state index is -0.493. The molecule has 0 spiro atoms. The Kier molecular flexibility index (Phi) is 4.24. The van der Waals surface area contributed by atoms with E-state index in [-0.39, 0.29) is 11.6 Å². The predicted molar refractivity (Wildman–Crippen MR) is 89.1 cm³/mol. The van der Waals surface area contributed by atoms with E-state index in [1.807, 2.05) is 35.9 Å². The van der Waals surface area contributed by atoms with Crippen LogP contribution in [0.2, 0.25) is 0 Å². The Labute approximate surface area is 138 Å². The largest absolute Gasteiger partial charge is 0.352 e. The minimum Gasteiger partial charge on any atom is -0.352 e. The topological polar surface area (TPSA) is 89.5 Å². The summed E-state index contributed by atoms with van der Waals surface area (Å²) in [6.45, 7) is 2.46. The average molecular weight is 324 g/mol. The highest BCUT2D eigenvalue weighted by atomic mass is 16.6. The van der Waals surface area contributed by atoms with E-state index >= 15 is 0 Å². The summed E-state index contributed by atoms with van der Waals surface area (Å²) in [6, 6.07) is 9.54. The highest BCUT2D eigenvalue weighted by molar-refractivity contribution is 5.94. The summed E-state index contributed by atoms with van der Waals surface area (Å²) in [5.41, 5.74) is 3.28. The van der Waals surface area contributed by atoms with Gasteiger partial charge in [0, 0.05) is 43.1 Å². The lowest BCUT2D eigenvalue weighted by atomic mass is 10.2. The van der Waals surface area contributed by atoms with Gasteiger partial charge in [-0.1, -0.05) is 0 Å². The molecule has 0 unspecified atom stereocenters. The lowest BCUT2D eigenvalue weighted by molar-refractivity contribution is -0.384. The van der Waals surface area contributed by atoms with Crippen molar-refractivity contribution in [2.45, 2.75) is 13.3 Å². The number of nitro benzene ring substituents is 1. The summed E-state index contributed by atoms with van der Waals surface area (Å²) in [6.07, 6.45) is 4.50. The second-order valence-electron chi connectivity index (χ2n) is 5.51. The first-order valence-corrected chi connectivity index (χ1v) is 7.50. The molecule has 0 saturated heterocycles. The molecule has 2 aromatic heterocycles. The van der Waals surface area contributed by atoms with Crippen LogP contribution in [0.15, 0.2) is 48.8 Å². The van der Waals surface area contributed by atoms with Gasteiger partial charge in [0.25, 0.3) is 11.6 Å². The van der Waals surface area contributed by atoms with Gasteiger partial charge in [-0.25, -0.2) is 4.98 Å². The SMILES string of the molecule is Cc1ccn2cc(CCNC(=O)c3ccc([N+](=O)[O-])cc3)nc2c1. The molecule has 1 N–H and O–H groups in total. The van der Waals surface area contributed by atoms with Gasteiger partial charge in [0.1, 0.15) is 5.65 Å². The van der Waals surface area contributed by atoms with E-state index in [1.54, 1.807) is 0 Å². The van der Waals surface area contributed by atoms with Crippen molar-refractivity contribution in [3.8, 4) is 0 Å². The number of carbonyl (C=O) groups excluding carboxylic acids is 1. The third-order valence-corrected chi connectivity index (χ3v) is 3.67. The van der Waals surface area contributed by atoms with Crippen LogP contribution in [0.1, 0.15) is 21.6 Å². The molecule has 7 heteroatoms. The number of nitro groups is 1. The van der Waals surface area contributed by atoms with Gasteiger partial charge < -0.3 is 9.72 Å². The summed E-state index contributed by atoms with van der Waals surface area (Å²) in [7, 11) is 0. The molecule has 1 aromatic carbocycles. The Bertz CT molecular complexity index is 900. The summed E-state index contributed by atoms with van der Waals surface area (Å²) in [5.74, 6) is -0.260. The maximum Gasteiger partial charge on any atom is 0.269 e. The van der Waals surface area contributed by atoms with E-state index in [9.17, 15) is 14.9 Å². The first-order chi connectivity index (χ1) is 11.5. The fourth-order valence-electron chi connectivity index (χ4n) is 2.40. The predicted octanol–water partition coefficient (Wildman–Crippen LogP) is 2.52. The molecule has 1 amide bonds. The van der Waals surface area contributed by atoms with E-state index in [0.29, 0.717) is 18.5 Å². The summed E-state index contributed by atoms with van der Waals surface area (Å²) in [4.78, 5) is 26.6. The third-order valence-electron chi connectivity index (χ3n) is 3.67. The lowest BCUT2D eigenvalue weighted by Crippen LogP contribution is -2.25. The van der Waals surface area contributed by atoms with Gasteiger partial charge in [-0.05, 0) is 36.8 Å². The molecule has 0 saturated carbocycles. The van der Waals surface area contributed by atoms with Crippen molar-refractivity contribution in [2.75, 3.05) is 6.54 Å². The molecule has 3 rings (SSSR count). The number of aromatic nitrogens is 2. The highest BCUT2D eigenvalue weighted by Gasteiger charge is 2.09. The van der Waals surface area contributed by atoms with Gasteiger partial charge in [-0.2, -0.15) is 0 Å². The number of imidazole rings is 1. The van der Waals surface area contributed by atoms with E-state index in [4.69, 9.17) is 0 Å². The first-order valence-electron chi connectivity index (χ1n) is 7.50. The van der Waals surface area contributed by atoms with Crippen molar-refractivity contribution in [1.82, 2.24) is 14.7 Å². The Morgan fingerprint density at radius 1 is 1.29 bits per heavy atom. The number of rotatable bonds is 5. The molecule has 2 heterocycles. The molecule has 24 heavy (non-hydrogen) atoms. The average Bonchev–Trinajstić information content (AvgIpc) is 2.96. The molecule has 122 valence electrons. The van der Waals surface area contributed by atoms with Crippen molar-refractivity contribution < 1.29 is 9.72 Å². The summed E-state index contributed by atoms with van der Waals surface area (Å²) < 4.78 is 1.94. The van der Waals surface area contributed by atoms with Crippen LogP contribution < -0.4 is 5.32 Å². The molecule has 0 atom stereocenters. The Balaban J connectivity index is 1.58. The number of hydrogen-bond donors (Lipinski definition) is 1. The van der Waals surface area contributed by atoms with E-state index < -0.39 is 4.92 Å². The molecular formula is C17H16N4O3. The fraction of sp³-hybridized carbons (Fsp3) is 0.176. The summed E-state index contributed by atoms with van der Waals surface area (Å²) >= 11 is 0. The molecular weight excluding hydrogens is 308 g/mol. The molecule has 7 nitrogen and oxygen atoms in total. The van der Waals surface area contributed by atoms with Gasteiger partial charge in [-0.3, -0.25) is 14.9 Å². The van der Waals surface area contributed by atoms with Crippen LogP contribution in [0.3, 0.4) is 0 Å². The second kappa shape index (κ2) is 6.49. The number of pyridine rings is 1. The van der Waals surface area contributed by atoms with Crippen molar-refractivity contribution in [3.63, 3.8) is 0 Å². The quantitative estimate of drug-likeness (QED) is 0.577. The van der Waals surface area contributed by atoms with Crippen LogP contribution in [0, 0.1) is 17.0 Å². The molecule has 0 radical (unpaired) electrons. The fourth-order valence-corrected chi connectivity index (χ4v) is 2.40. The third kappa shape index (κ3) is 3.40. The normalized spacial score (nSPS) is 10.7. The number of carbonyl (C=O) groups is 1. The maximum atomic E-state index is 12.0. The lowest BCUT2D eigenvalue weighted by Gasteiger charge is -2.03. The standard InChI is InChI=1S/C17H16N4O3/c1-12-7-9-20-11-14(19-16(20)10-12)6-8-18-17(22)13-2-4-15(5-3-13)21(23)24/h2-5,7,9-11H,6,8H2,1H3,(H,18,22). The van der Waals surface area contributed by atoms with Crippen LogP contribution in [0.4, 0.5) is 5.69 Å². The molecule has 3 aromatic rings. The van der Waals surface area contributed by atoms with E-state index in [0.717, 1.165) is 16.9 Å². The number of amides is 1. The Morgan fingerprint density at radius 3 is 2.75 bits per heavy atom. The monoisotopic (exact) mass is 324 g/mol. The number of hydrogen-bond acceptors (Lipinski definition) is 4.